The molecule has 1 rings (SSSR count). The fourth-order valence-electron chi connectivity index (χ4n) is 1.54. The van der Waals surface area contributed by atoms with Crippen LogP contribution in [0.25, 0.3) is 0 Å². The van der Waals surface area contributed by atoms with E-state index in [0.717, 1.165) is 18.5 Å². The van der Waals surface area contributed by atoms with Crippen molar-refractivity contribution in [3.05, 3.63) is 30.3 Å². The van der Waals surface area contributed by atoms with Gasteiger partial charge < -0.3 is 10.6 Å². The van der Waals surface area contributed by atoms with Crippen LogP contribution in [0.15, 0.2) is 30.3 Å². The number of halogens is 1. The van der Waals surface area contributed by atoms with Crippen molar-refractivity contribution in [3.63, 3.8) is 0 Å². The van der Waals surface area contributed by atoms with E-state index in [4.69, 9.17) is 0 Å². The van der Waals surface area contributed by atoms with Crippen LogP contribution in [0.3, 0.4) is 0 Å². The zero-order chi connectivity index (χ0) is 14.1. The van der Waals surface area contributed by atoms with Crippen LogP contribution >= 0.6 is 15.9 Å². The van der Waals surface area contributed by atoms with Crippen molar-refractivity contribution >= 4 is 33.4 Å². The molecule has 0 aliphatic carbocycles. The molecule has 2 N–H and O–H groups in total. The van der Waals surface area contributed by atoms with Crippen LogP contribution in [0.1, 0.15) is 26.2 Å². The molecule has 19 heavy (non-hydrogen) atoms. The minimum Gasteiger partial charge on any atom is -0.355 e. The molecule has 0 radical (unpaired) electrons. The molecule has 1 aromatic carbocycles. The second-order valence-electron chi connectivity index (χ2n) is 4.21. The van der Waals surface area contributed by atoms with E-state index in [9.17, 15) is 9.59 Å². The molecule has 1 unspecified atom stereocenters. The van der Waals surface area contributed by atoms with Crippen LogP contribution in [0.4, 0.5) is 5.69 Å². The summed E-state index contributed by atoms with van der Waals surface area (Å²) in [6.07, 6.45) is 2.01. The van der Waals surface area contributed by atoms with Gasteiger partial charge in [0.05, 0.1) is 4.83 Å². The van der Waals surface area contributed by atoms with Gasteiger partial charge in [-0.3, -0.25) is 9.59 Å². The molecule has 0 saturated heterocycles. The number of amides is 2. The number of para-hydroxylation sites is 1. The van der Waals surface area contributed by atoms with Crippen molar-refractivity contribution in [2.45, 2.75) is 31.0 Å². The number of rotatable bonds is 7. The van der Waals surface area contributed by atoms with Gasteiger partial charge >= 0.3 is 0 Å². The lowest BCUT2D eigenvalue weighted by Crippen LogP contribution is -2.33. The quantitative estimate of drug-likeness (QED) is 0.757. The molecule has 5 heteroatoms. The molecule has 0 heterocycles. The Morgan fingerprint density at radius 2 is 1.95 bits per heavy atom. The normalized spacial score (nSPS) is 11.7. The molecule has 0 fully saturated rings. The fraction of sp³-hybridized carbons (Fsp3) is 0.429. The van der Waals surface area contributed by atoms with Crippen LogP contribution in [0, 0.1) is 0 Å². The first-order valence-electron chi connectivity index (χ1n) is 6.40. The third-order valence-electron chi connectivity index (χ3n) is 2.54. The minimum atomic E-state index is -0.172. The lowest BCUT2D eigenvalue weighted by Gasteiger charge is -2.10. The zero-order valence-electron chi connectivity index (χ0n) is 11.0. The topological polar surface area (TPSA) is 58.2 Å². The summed E-state index contributed by atoms with van der Waals surface area (Å²) in [7, 11) is 0. The van der Waals surface area contributed by atoms with Crippen molar-refractivity contribution in [2.75, 3.05) is 11.9 Å². The summed E-state index contributed by atoms with van der Waals surface area (Å²) in [5, 5.41) is 5.51. The Labute approximate surface area is 122 Å². The average molecular weight is 327 g/mol. The highest BCUT2D eigenvalue weighted by Gasteiger charge is 2.13. The van der Waals surface area contributed by atoms with Gasteiger partial charge in [-0.2, -0.15) is 0 Å². The summed E-state index contributed by atoms with van der Waals surface area (Å²) in [6, 6.07) is 9.26. The summed E-state index contributed by atoms with van der Waals surface area (Å²) in [5.74, 6) is -0.164. The molecule has 0 aromatic heterocycles. The average Bonchev–Trinajstić information content (AvgIpc) is 2.40. The molecule has 0 aliphatic rings. The van der Waals surface area contributed by atoms with E-state index in [1.54, 1.807) is 0 Å². The maximum Gasteiger partial charge on any atom is 0.233 e. The molecule has 0 spiro atoms. The third-order valence-corrected chi connectivity index (χ3v) is 3.41. The number of hydrogen-bond acceptors (Lipinski definition) is 2. The van der Waals surface area contributed by atoms with Crippen LogP contribution in [0.2, 0.25) is 0 Å². The molecule has 2 amide bonds. The minimum absolute atomic E-state index is 0.0608. The number of nitrogens with one attached hydrogen (secondary N) is 2. The van der Waals surface area contributed by atoms with Gasteiger partial charge in [-0.05, 0) is 18.6 Å². The van der Waals surface area contributed by atoms with Crippen LogP contribution in [-0.2, 0) is 9.59 Å². The summed E-state index contributed by atoms with van der Waals surface area (Å²) in [4.78, 5) is 23.0. The van der Waals surface area contributed by atoms with E-state index in [1.807, 2.05) is 37.3 Å². The van der Waals surface area contributed by atoms with Gasteiger partial charge in [-0.15, -0.1) is 0 Å². The van der Waals surface area contributed by atoms with E-state index in [1.165, 1.54) is 0 Å². The Morgan fingerprint density at radius 3 is 2.58 bits per heavy atom. The number of benzene rings is 1. The zero-order valence-corrected chi connectivity index (χ0v) is 12.6. The Balaban J connectivity index is 2.22. The largest absolute Gasteiger partial charge is 0.355 e. The predicted molar refractivity (Wildman–Crippen MR) is 80.3 cm³/mol. The van der Waals surface area contributed by atoms with Gasteiger partial charge in [0.15, 0.2) is 0 Å². The van der Waals surface area contributed by atoms with Gasteiger partial charge in [0.1, 0.15) is 0 Å². The third kappa shape index (κ3) is 6.38. The molecule has 1 atom stereocenters. The molecule has 0 aliphatic heterocycles. The number of anilines is 1. The first kappa shape index (κ1) is 15.7. The molecule has 4 nitrogen and oxygen atoms in total. The van der Waals surface area contributed by atoms with E-state index in [0.29, 0.717) is 6.54 Å². The number of alkyl halides is 1. The van der Waals surface area contributed by atoms with Crippen LogP contribution in [0.5, 0.6) is 0 Å². The van der Waals surface area contributed by atoms with Crippen molar-refractivity contribution in [1.29, 1.82) is 0 Å². The summed E-state index contributed by atoms with van der Waals surface area (Å²) < 4.78 is 0. The second-order valence-corrected chi connectivity index (χ2v) is 5.32. The van der Waals surface area contributed by atoms with E-state index >= 15 is 0 Å². The molecular weight excluding hydrogens is 308 g/mol. The summed E-state index contributed by atoms with van der Waals surface area (Å²) >= 11 is 3.31. The summed E-state index contributed by atoms with van der Waals surface area (Å²) in [5.41, 5.74) is 0.767. The number of carbonyl (C=O) groups is 2. The van der Waals surface area contributed by atoms with Crippen molar-refractivity contribution in [2.24, 2.45) is 0 Å². The van der Waals surface area contributed by atoms with Gasteiger partial charge in [0.2, 0.25) is 11.8 Å². The summed E-state index contributed by atoms with van der Waals surface area (Å²) in [6.45, 7) is 2.37. The highest BCUT2D eigenvalue weighted by Crippen LogP contribution is 2.08. The monoisotopic (exact) mass is 326 g/mol. The van der Waals surface area contributed by atoms with E-state index in [-0.39, 0.29) is 23.1 Å². The molecule has 0 bridgehead atoms. The molecular formula is C14H19BrN2O2. The lowest BCUT2D eigenvalue weighted by molar-refractivity contribution is -0.120. The van der Waals surface area contributed by atoms with Crippen LogP contribution < -0.4 is 10.6 Å². The van der Waals surface area contributed by atoms with Crippen LogP contribution in [-0.4, -0.2) is 23.2 Å². The molecule has 1 aromatic rings. The standard InChI is InChI=1S/C14H19BrN2O2/c1-2-6-12(15)14(19)16-10-9-13(18)17-11-7-4-3-5-8-11/h3-5,7-8,12H,2,6,9-10H2,1H3,(H,16,19)(H,17,18). The fourth-order valence-corrected chi connectivity index (χ4v) is 2.16. The number of carbonyl (C=O) groups excluding carboxylic acids is 2. The van der Waals surface area contributed by atoms with Gasteiger partial charge in [0.25, 0.3) is 0 Å². The lowest BCUT2D eigenvalue weighted by atomic mass is 10.2. The maximum absolute atomic E-state index is 11.6. The van der Waals surface area contributed by atoms with Gasteiger partial charge in [-0.25, -0.2) is 0 Å². The predicted octanol–water partition coefficient (Wildman–Crippen LogP) is 2.70. The first-order chi connectivity index (χ1) is 9.13. The SMILES string of the molecule is CCCC(Br)C(=O)NCCC(=O)Nc1ccccc1. The smallest absolute Gasteiger partial charge is 0.233 e. The van der Waals surface area contributed by atoms with E-state index in [2.05, 4.69) is 26.6 Å². The van der Waals surface area contributed by atoms with E-state index < -0.39 is 0 Å². The Bertz CT molecular complexity index is 409. The Kier molecular flexibility index (Phi) is 7.18. The Morgan fingerprint density at radius 1 is 1.26 bits per heavy atom. The number of hydrogen-bond donors (Lipinski definition) is 2. The van der Waals surface area contributed by atoms with Crippen molar-refractivity contribution in [1.82, 2.24) is 5.32 Å². The van der Waals surface area contributed by atoms with Crippen molar-refractivity contribution in [3.8, 4) is 0 Å². The van der Waals surface area contributed by atoms with Gasteiger partial charge in [-0.1, -0.05) is 47.5 Å². The van der Waals surface area contributed by atoms with Gasteiger partial charge in [0, 0.05) is 18.7 Å². The Hall–Kier alpha value is -1.36. The highest BCUT2D eigenvalue weighted by molar-refractivity contribution is 9.10. The second kappa shape index (κ2) is 8.69. The maximum atomic E-state index is 11.6. The highest BCUT2D eigenvalue weighted by atomic mass is 79.9. The molecule has 0 saturated carbocycles. The van der Waals surface area contributed by atoms with Crippen molar-refractivity contribution < 1.29 is 9.59 Å². The molecule has 104 valence electrons. The first-order valence-corrected chi connectivity index (χ1v) is 7.31.